The summed E-state index contributed by atoms with van der Waals surface area (Å²) in [7, 11) is 2.04. The number of rotatable bonds is 8. The van der Waals surface area contributed by atoms with Gasteiger partial charge in [0.05, 0.1) is 6.10 Å². The molecule has 0 aliphatic heterocycles. The SMILES string of the molecule is CCC(C)SCC(NC)c1cccc(OC2CC2)c1. The molecule has 0 radical (unpaired) electrons. The summed E-state index contributed by atoms with van der Waals surface area (Å²) < 4.78 is 5.87. The number of hydrogen-bond acceptors (Lipinski definition) is 3. The minimum atomic E-state index is 0.404. The first kappa shape index (κ1) is 14.7. The van der Waals surface area contributed by atoms with Crippen LogP contribution in [-0.2, 0) is 0 Å². The van der Waals surface area contributed by atoms with Crippen LogP contribution in [0.3, 0.4) is 0 Å². The lowest BCUT2D eigenvalue weighted by atomic mass is 10.1. The molecule has 1 aliphatic carbocycles. The fourth-order valence-electron chi connectivity index (χ4n) is 1.91. The molecule has 1 aromatic carbocycles. The van der Waals surface area contributed by atoms with E-state index in [4.69, 9.17) is 4.74 Å². The third-order valence-electron chi connectivity index (χ3n) is 3.56. The first-order valence-corrected chi connectivity index (χ1v) is 8.33. The van der Waals surface area contributed by atoms with Crippen LogP contribution in [-0.4, -0.2) is 24.2 Å². The fraction of sp³-hybridized carbons (Fsp3) is 0.625. The molecule has 1 fully saturated rings. The molecule has 2 atom stereocenters. The Kier molecular flexibility index (Phi) is 5.59. The van der Waals surface area contributed by atoms with Crippen molar-refractivity contribution in [1.29, 1.82) is 0 Å². The van der Waals surface area contributed by atoms with Crippen molar-refractivity contribution in [3.05, 3.63) is 29.8 Å². The molecule has 0 amide bonds. The Bertz CT molecular complexity index is 392. The predicted molar refractivity (Wildman–Crippen MR) is 84.1 cm³/mol. The summed E-state index contributed by atoms with van der Waals surface area (Å²) in [6.45, 7) is 4.54. The highest BCUT2D eigenvalue weighted by Gasteiger charge is 2.23. The van der Waals surface area contributed by atoms with Crippen LogP contribution in [0.1, 0.15) is 44.7 Å². The van der Waals surface area contributed by atoms with E-state index in [1.165, 1.54) is 24.8 Å². The Morgan fingerprint density at radius 3 is 2.84 bits per heavy atom. The Morgan fingerprint density at radius 2 is 2.21 bits per heavy atom. The Labute approximate surface area is 121 Å². The molecule has 2 rings (SSSR count). The zero-order chi connectivity index (χ0) is 13.7. The highest BCUT2D eigenvalue weighted by atomic mass is 32.2. The number of nitrogens with one attached hydrogen (secondary N) is 1. The molecule has 106 valence electrons. The normalized spacial score (nSPS) is 18.1. The van der Waals surface area contributed by atoms with Crippen LogP contribution in [0, 0.1) is 0 Å². The van der Waals surface area contributed by atoms with Gasteiger partial charge in [-0.25, -0.2) is 0 Å². The van der Waals surface area contributed by atoms with Gasteiger partial charge in [-0.15, -0.1) is 0 Å². The largest absolute Gasteiger partial charge is 0.490 e. The summed E-state index contributed by atoms with van der Waals surface area (Å²) in [6.07, 6.45) is 4.12. The number of hydrogen-bond donors (Lipinski definition) is 1. The minimum absolute atomic E-state index is 0.404. The Balaban J connectivity index is 1.96. The molecule has 19 heavy (non-hydrogen) atoms. The molecule has 0 bridgehead atoms. The quantitative estimate of drug-likeness (QED) is 0.776. The molecule has 3 heteroatoms. The summed E-state index contributed by atoms with van der Waals surface area (Å²) >= 11 is 2.03. The van der Waals surface area contributed by atoms with Gasteiger partial charge in [0.25, 0.3) is 0 Å². The van der Waals surface area contributed by atoms with Gasteiger partial charge < -0.3 is 10.1 Å². The van der Waals surface area contributed by atoms with Crippen LogP contribution in [0.4, 0.5) is 0 Å². The van der Waals surface area contributed by atoms with Gasteiger partial charge in [-0.3, -0.25) is 0 Å². The number of benzene rings is 1. The van der Waals surface area contributed by atoms with E-state index in [0.717, 1.165) is 16.8 Å². The molecule has 2 unspecified atom stereocenters. The van der Waals surface area contributed by atoms with Gasteiger partial charge in [0, 0.05) is 17.0 Å². The molecule has 0 aromatic heterocycles. The van der Waals surface area contributed by atoms with Gasteiger partial charge in [0.1, 0.15) is 5.75 Å². The first-order valence-electron chi connectivity index (χ1n) is 7.28. The first-order chi connectivity index (χ1) is 9.22. The van der Waals surface area contributed by atoms with E-state index < -0.39 is 0 Å². The molecule has 1 N–H and O–H groups in total. The van der Waals surface area contributed by atoms with E-state index in [1.54, 1.807) is 0 Å². The molecular weight excluding hydrogens is 254 g/mol. The van der Waals surface area contributed by atoms with E-state index in [1.807, 2.05) is 18.8 Å². The molecule has 0 heterocycles. The van der Waals surface area contributed by atoms with E-state index in [9.17, 15) is 0 Å². The van der Waals surface area contributed by atoms with Crippen molar-refractivity contribution in [2.24, 2.45) is 0 Å². The molecule has 1 aromatic rings. The number of thioether (sulfide) groups is 1. The third kappa shape index (κ3) is 4.73. The van der Waals surface area contributed by atoms with Crippen LogP contribution in [0.5, 0.6) is 5.75 Å². The molecule has 2 nitrogen and oxygen atoms in total. The lowest BCUT2D eigenvalue weighted by molar-refractivity contribution is 0.302. The van der Waals surface area contributed by atoms with Gasteiger partial charge in [0.15, 0.2) is 0 Å². The maximum absolute atomic E-state index is 5.87. The number of ether oxygens (including phenoxy) is 1. The summed E-state index contributed by atoms with van der Waals surface area (Å²) in [4.78, 5) is 0. The zero-order valence-corrected chi connectivity index (χ0v) is 13.0. The standard InChI is InChI=1S/C16H25NOS/c1-4-12(2)19-11-16(17-3)13-6-5-7-15(10-13)18-14-8-9-14/h5-7,10,12,14,16-17H,4,8-9,11H2,1-3H3. The van der Waals surface area contributed by atoms with Crippen molar-refractivity contribution in [3.63, 3.8) is 0 Å². The maximum atomic E-state index is 5.87. The van der Waals surface area contributed by atoms with Gasteiger partial charge in [-0.2, -0.15) is 11.8 Å². The Hall–Kier alpha value is -0.670. The van der Waals surface area contributed by atoms with E-state index in [0.29, 0.717) is 12.1 Å². The second-order valence-electron chi connectivity index (χ2n) is 5.28. The average Bonchev–Trinajstić information content (AvgIpc) is 3.23. The molecule has 1 saturated carbocycles. The lowest BCUT2D eigenvalue weighted by Crippen LogP contribution is -2.19. The lowest BCUT2D eigenvalue weighted by Gasteiger charge is -2.19. The highest BCUT2D eigenvalue weighted by molar-refractivity contribution is 7.99. The van der Waals surface area contributed by atoms with E-state index in [2.05, 4.69) is 43.4 Å². The zero-order valence-electron chi connectivity index (χ0n) is 12.2. The molecule has 0 spiro atoms. The van der Waals surface area contributed by atoms with Crippen molar-refractivity contribution in [3.8, 4) is 5.75 Å². The molecular formula is C16H25NOS. The Morgan fingerprint density at radius 1 is 1.42 bits per heavy atom. The average molecular weight is 279 g/mol. The smallest absolute Gasteiger partial charge is 0.120 e. The topological polar surface area (TPSA) is 21.3 Å². The van der Waals surface area contributed by atoms with Crippen LogP contribution >= 0.6 is 11.8 Å². The second kappa shape index (κ2) is 7.20. The second-order valence-corrected chi connectivity index (χ2v) is 6.75. The molecule has 0 saturated heterocycles. The van der Waals surface area contributed by atoms with Crippen molar-refractivity contribution < 1.29 is 4.74 Å². The monoisotopic (exact) mass is 279 g/mol. The minimum Gasteiger partial charge on any atom is -0.490 e. The van der Waals surface area contributed by atoms with Gasteiger partial charge in [-0.05, 0) is 44.0 Å². The summed E-state index contributed by atoms with van der Waals surface area (Å²) in [6, 6.07) is 8.96. The fourth-order valence-corrected chi connectivity index (χ4v) is 3.02. The third-order valence-corrected chi connectivity index (χ3v) is 4.99. The van der Waals surface area contributed by atoms with Gasteiger partial charge >= 0.3 is 0 Å². The van der Waals surface area contributed by atoms with Crippen LogP contribution in [0.15, 0.2) is 24.3 Å². The van der Waals surface area contributed by atoms with Crippen LogP contribution < -0.4 is 10.1 Å². The van der Waals surface area contributed by atoms with Crippen molar-refractivity contribution in [2.45, 2.75) is 50.5 Å². The van der Waals surface area contributed by atoms with Gasteiger partial charge in [-0.1, -0.05) is 26.0 Å². The molecule has 1 aliphatic rings. The van der Waals surface area contributed by atoms with Crippen molar-refractivity contribution in [2.75, 3.05) is 12.8 Å². The van der Waals surface area contributed by atoms with Gasteiger partial charge in [0.2, 0.25) is 0 Å². The van der Waals surface area contributed by atoms with E-state index in [-0.39, 0.29) is 0 Å². The maximum Gasteiger partial charge on any atom is 0.120 e. The summed E-state index contributed by atoms with van der Waals surface area (Å²) in [5.74, 6) is 2.13. The highest BCUT2D eigenvalue weighted by Crippen LogP contribution is 2.29. The van der Waals surface area contributed by atoms with E-state index >= 15 is 0 Å². The van der Waals surface area contributed by atoms with Crippen LogP contribution in [0.25, 0.3) is 0 Å². The predicted octanol–water partition coefficient (Wildman–Crippen LogP) is 4.02. The van der Waals surface area contributed by atoms with Crippen molar-refractivity contribution >= 4 is 11.8 Å². The summed E-state index contributed by atoms with van der Waals surface area (Å²) in [5, 5.41) is 4.14. The van der Waals surface area contributed by atoms with Crippen molar-refractivity contribution in [1.82, 2.24) is 5.32 Å². The van der Waals surface area contributed by atoms with Crippen LogP contribution in [0.2, 0.25) is 0 Å². The summed E-state index contributed by atoms with van der Waals surface area (Å²) in [5.41, 5.74) is 1.33.